The van der Waals surface area contributed by atoms with Crippen molar-refractivity contribution in [3.8, 4) is 11.5 Å². The van der Waals surface area contributed by atoms with Gasteiger partial charge >= 0.3 is 6.61 Å². The van der Waals surface area contributed by atoms with Crippen LogP contribution in [0.15, 0.2) is 23.0 Å². The van der Waals surface area contributed by atoms with Gasteiger partial charge in [0, 0.05) is 26.6 Å². The molecule has 3 aromatic rings. The average Bonchev–Trinajstić information content (AvgIpc) is 2.94. The lowest BCUT2D eigenvalue weighted by molar-refractivity contribution is -0.0512. The first-order valence-electron chi connectivity index (χ1n) is 10.7. The molecule has 1 amide bonds. The van der Waals surface area contributed by atoms with Gasteiger partial charge in [-0.2, -0.15) is 8.78 Å². The highest BCUT2D eigenvalue weighted by molar-refractivity contribution is 7.20. The predicted molar refractivity (Wildman–Crippen MR) is 122 cm³/mol. The van der Waals surface area contributed by atoms with Crippen LogP contribution in [-0.4, -0.2) is 41.1 Å². The molecule has 10 heteroatoms. The summed E-state index contributed by atoms with van der Waals surface area (Å²) < 4.78 is 36.4. The highest BCUT2D eigenvalue weighted by Crippen LogP contribution is 2.32. The largest absolute Gasteiger partial charge is 0.493 e. The number of thiophene rings is 1. The maximum absolute atomic E-state index is 13.2. The molecule has 1 aromatic carbocycles. The molecule has 1 aliphatic rings. The zero-order valence-electron chi connectivity index (χ0n) is 18.7. The van der Waals surface area contributed by atoms with E-state index in [4.69, 9.17) is 9.72 Å². The molecule has 3 heterocycles. The molecule has 0 unspecified atom stereocenters. The molecule has 0 saturated heterocycles. The van der Waals surface area contributed by atoms with Crippen LogP contribution in [0.1, 0.15) is 45.9 Å². The number of fused-ring (bicyclic) bond motifs is 2. The Morgan fingerprint density at radius 3 is 2.79 bits per heavy atom. The monoisotopic (exact) mass is 477 g/mol. The molecule has 176 valence electrons. The summed E-state index contributed by atoms with van der Waals surface area (Å²) in [7, 11) is 3.01. The molecule has 0 radical (unpaired) electrons. The number of rotatable bonds is 6. The first-order valence-corrected chi connectivity index (χ1v) is 11.5. The molecule has 1 aliphatic heterocycles. The van der Waals surface area contributed by atoms with Crippen LogP contribution >= 0.6 is 11.3 Å². The summed E-state index contributed by atoms with van der Waals surface area (Å²) in [6, 6.07) is 4.55. The van der Waals surface area contributed by atoms with E-state index in [0.29, 0.717) is 32.8 Å². The lowest BCUT2D eigenvalue weighted by Crippen LogP contribution is -2.26. The second-order valence-corrected chi connectivity index (χ2v) is 9.06. The number of methoxy groups -OCH3 is 1. The Balaban J connectivity index is 1.61. The van der Waals surface area contributed by atoms with Crippen LogP contribution in [0, 0.1) is 6.92 Å². The van der Waals surface area contributed by atoms with E-state index < -0.39 is 6.61 Å². The van der Waals surface area contributed by atoms with E-state index in [2.05, 4.69) is 4.74 Å². The summed E-state index contributed by atoms with van der Waals surface area (Å²) in [5.74, 6) is 0.640. The Kier molecular flexibility index (Phi) is 6.64. The zero-order chi connectivity index (χ0) is 23.7. The van der Waals surface area contributed by atoms with Gasteiger partial charge in [0.25, 0.3) is 11.5 Å². The van der Waals surface area contributed by atoms with Gasteiger partial charge in [-0.25, -0.2) is 4.98 Å². The van der Waals surface area contributed by atoms with Crippen molar-refractivity contribution in [1.29, 1.82) is 0 Å². The molecule has 0 N–H and O–H groups in total. The van der Waals surface area contributed by atoms with Crippen molar-refractivity contribution in [3.05, 3.63) is 50.4 Å². The van der Waals surface area contributed by atoms with Crippen LogP contribution in [0.4, 0.5) is 8.78 Å². The molecule has 0 aliphatic carbocycles. The fourth-order valence-corrected chi connectivity index (χ4v) is 5.32. The van der Waals surface area contributed by atoms with E-state index in [1.165, 1.54) is 29.4 Å². The van der Waals surface area contributed by atoms with Crippen molar-refractivity contribution >= 4 is 27.5 Å². The molecule has 0 bridgehead atoms. The molecule has 0 atom stereocenters. The van der Waals surface area contributed by atoms with Gasteiger partial charge in [0.15, 0.2) is 11.5 Å². The van der Waals surface area contributed by atoms with Crippen molar-refractivity contribution in [2.45, 2.75) is 52.3 Å². The Morgan fingerprint density at radius 2 is 2.06 bits per heavy atom. The van der Waals surface area contributed by atoms with Crippen LogP contribution < -0.4 is 15.0 Å². The zero-order valence-corrected chi connectivity index (χ0v) is 19.5. The predicted octanol–water partition coefficient (Wildman–Crippen LogP) is 4.38. The minimum atomic E-state index is -2.96. The van der Waals surface area contributed by atoms with Gasteiger partial charge < -0.3 is 14.4 Å². The minimum absolute atomic E-state index is 0.0723. The van der Waals surface area contributed by atoms with E-state index in [1.54, 1.807) is 30.7 Å². The Bertz CT molecular complexity index is 1250. The van der Waals surface area contributed by atoms with Gasteiger partial charge in [-0.15, -0.1) is 11.3 Å². The van der Waals surface area contributed by atoms with Crippen LogP contribution in [-0.2, 0) is 19.5 Å². The van der Waals surface area contributed by atoms with E-state index in [9.17, 15) is 18.4 Å². The maximum atomic E-state index is 13.2. The van der Waals surface area contributed by atoms with E-state index >= 15 is 0 Å². The smallest absolute Gasteiger partial charge is 0.387 e. The van der Waals surface area contributed by atoms with Crippen LogP contribution in [0.25, 0.3) is 10.2 Å². The topological polar surface area (TPSA) is 73.7 Å². The van der Waals surface area contributed by atoms with Crippen molar-refractivity contribution in [1.82, 2.24) is 14.5 Å². The van der Waals surface area contributed by atoms with E-state index in [0.717, 1.165) is 31.5 Å². The third-order valence-electron chi connectivity index (χ3n) is 5.82. The first kappa shape index (κ1) is 23.2. The molecule has 2 aromatic heterocycles. The number of ether oxygens (including phenoxy) is 2. The maximum Gasteiger partial charge on any atom is 0.387 e. The molecule has 0 spiro atoms. The van der Waals surface area contributed by atoms with Crippen molar-refractivity contribution in [2.24, 2.45) is 0 Å². The number of nitrogens with zero attached hydrogens (tertiary/aromatic N) is 3. The number of carbonyl (C=O) groups excluding carboxylic acids is 1. The Morgan fingerprint density at radius 1 is 1.27 bits per heavy atom. The van der Waals surface area contributed by atoms with Gasteiger partial charge in [-0.05, 0) is 43.0 Å². The van der Waals surface area contributed by atoms with Gasteiger partial charge in [0.05, 0.1) is 17.4 Å². The molecule has 0 fully saturated rings. The van der Waals surface area contributed by atoms with Crippen LogP contribution in [0.5, 0.6) is 11.5 Å². The van der Waals surface area contributed by atoms with E-state index in [1.807, 2.05) is 0 Å². The summed E-state index contributed by atoms with van der Waals surface area (Å²) in [6.07, 6.45) is 3.78. The number of aromatic nitrogens is 2. The standard InChI is InChI=1S/C23H25F2N3O4S/c1-13-18-20(26-17-7-5-4-6-10-28(17)21(18)29)33-19(13)22(30)27(2)12-14-8-9-15(32-23(24)25)16(11-14)31-3/h8-9,11,23H,4-7,10,12H2,1-3H3. The molecular weight excluding hydrogens is 452 g/mol. The molecule has 7 nitrogen and oxygen atoms in total. The van der Waals surface area contributed by atoms with Crippen molar-refractivity contribution in [2.75, 3.05) is 14.2 Å². The van der Waals surface area contributed by atoms with Gasteiger partial charge in [0.2, 0.25) is 0 Å². The third-order valence-corrected chi connectivity index (χ3v) is 6.99. The Labute approximate surface area is 193 Å². The van der Waals surface area contributed by atoms with Crippen LogP contribution in [0.3, 0.4) is 0 Å². The summed E-state index contributed by atoms with van der Waals surface area (Å²) in [5, 5.41) is 0.512. The summed E-state index contributed by atoms with van der Waals surface area (Å²) in [6.45, 7) is -0.298. The summed E-state index contributed by atoms with van der Waals surface area (Å²) in [4.78, 5) is 33.7. The second kappa shape index (κ2) is 9.46. The SMILES string of the molecule is COc1cc(CN(C)C(=O)c2sc3nc4n(c(=O)c3c2C)CCCCC4)ccc1OC(F)F. The highest BCUT2D eigenvalue weighted by Gasteiger charge is 2.24. The van der Waals surface area contributed by atoms with Crippen molar-refractivity contribution in [3.63, 3.8) is 0 Å². The van der Waals surface area contributed by atoms with Crippen molar-refractivity contribution < 1.29 is 23.0 Å². The highest BCUT2D eigenvalue weighted by atomic mass is 32.1. The molecule has 0 saturated carbocycles. The van der Waals surface area contributed by atoms with Gasteiger partial charge in [-0.1, -0.05) is 12.5 Å². The van der Waals surface area contributed by atoms with Crippen LogP contribution in [0.2, 0.25) is 0 Å². The second-order valence-electron chi connectivity index (χ2n) is 8.06. The number of aryl methyl sites for hydroxylation is 2. The molecule has 4 rings (SSSR count). The molecular formula is C23H25F2N3O4S. The number of hydrogen-bond acceptors (Lipinski definition) is 6. The fraction of sp³-hybridized carbons (Fsp3) is 0.435. The fourth-order valence-electron chi connectivity index (χ4n) is 4.14. The number of amides is 1. The lowest BCUT2D eigenvalue weighted by atomic mass is 10.1. The minimum Gasteiger partial charge on any atom is -0.493 e. The number of hydrogen-bond donors (Lipinski definition) is 0. The Hall–Kier alpha value is -3.01. The molecule has 33 heavy (non-hydrogen) atoms. The van der Waals surface area contributed by atoms with Gasteiger partial charge in [0.1, 0.15) is 10.7 Å². The summed E-state index contributed by atoms with van der Waals surface area (Å²) >= 11 is 1.24. The average molecular weight is 478 g/mol. The lowest BCUT2D eigenvalue weighted by Gasteiger charge is -2.18. The van der Waals surface area contributed by atoms with Gasteiger partial charge in [-0.3, -0.25) is 14.2 Å². The van der Waals surface area contributed by atoms with E-state index in [-0.39, 0.29) is 29.5 Å². The number of alkyl halides is 2. The number of carbonyl (C=O) groups is 1. The number of halogens is 2. The third kappa shape index (κ3) is 4.57. The summed E-state index contributed by atoms with van der Waals surface area (Å²) in [5.41, 5.74) is 1.25. The normalized spacial score (nSPS) is 13.6. The first-order chi connectivity index (χ1) is 15.8. The quantitative estimate of drug-likeness (QED) is 0.527. The number of benzene rings is 1.